The molecule has 8 heteroatoms. The van der Waals surface area contributed by atoms with E-state index in [4.69, 9.17) is 0 Å². The Bertz CT molecular complexity index is 833. The van der Waals surface area contributed by atoms with Gasteiger partial charge in [0, 0.05) is 32.1 Å². The van der Waals surface area contributed by atoms with Crippen molar-refractivity contribution in [3.8, 4) is 0 Å². The summed E-state index contributed by atoms with van der Waals surface area (Å²) >= 11 is 0. The molecule has 3 aliphatic rings. The van der Waals surface area contributed by atoms with E-state index in [1.54, 1.807) is 12.1 Å². The first kappa shape index (κ1) is 17.8. The van der Waals surface area contributed by atoms with Crippen LogP contribution >= 0.6 is 0 Å². The fourth-order valence-electron chi connectivity index (χ4n) is 3.83. The molecule has 0 bridgehead atoms. The lowest BCUT2D eigenvalue weighted by molar-refractivity contribution is -0.136. The third-order valence-corrected chi connectivity index (χ3v) is 5.69. The highest BCUT2D eigenvalue weighted by atomic mass is 16.2. The second kappa shape index (κ2) is 6.86. The van der Waals surface area contributed by atoms with E-state index < -0.39 is 23.8 Å². The molecule has 142 valence electrons. The van der Waals surface area contributed by atoms with E-state index in [9.17, 15) is 19.2 Å². The van der Waals surface area contributed by atoms with Crippen molar-refractivity contribution in [2.24, 2.45) is 5.92 Å². The number of benzene rings is 1. The number of rotatable bonds is 5. The number of amides is 4. The lowest BCUT2D eigenvalue weighted by Crippen LogP contribution is -2.54. The number of imide groups is 2. The largest absolute Gasteiger partial charge is 0.316 e. The molecule has 27 heavy (non-hydrogen) atoms. The van der Waals surface area contributed by atoms with E-state index in [-0.39, 0.29) is 18.7 Å². The first-order valence-corrected chi connectivity index (χ1v) is 9.25. The summed E-state index contributed by atoms with van der Waals surface area (Å²) in [5.41, 5.74) is 1.43. The van der Waals surface area contributed by atoms with Gasteiger partial charge in [-0.3, -0.25) is 29.4 Å². The van der Waals surface area contributed by atoms with Crippen molar-refractivity contribution in [1.29, 1.82) is 0 Å². The molecule has 8 nitrogen and oxygen atoms in total. The van der Waals surface area contributed by atoms with Gasteiger partial charge < -0.3 is 10.6 Å². The van der Waals surface area contributed by atoms with Gasteiger partial charge >= 0.3 is 0 Å². The van der Waals surface area contributed by atoms with Gasteiger partial charge in [0.2, 0.25) is 11.8 Å². The maximum Gasteiger partial charge on any atom is 0.262 e. The van der Waals surface area contributed by atoms with E-state index in [1.165, 1.54) is 0 Å². The number of hydrogen-bond donors (Lipinski definition) is 3. The van der Waals surface area contributed by atoms with Crippen LogP contribution in [0.1, 0.15) is 46.0 Å². The quantitative estimate of drug-likeness (QED) is 0.619. The third kappa shape index (κ3) is 3.04. The van der Waals surface area contributed by atoms with Crippen molar-refractivity contribution >= 4 is 23.6 Å². The van der Waals surface area contributed by atoms with E-state index in [0.717, 1.165) is 23.6 Å². The van der Waals surface area contributed by atoms with Crippen LogP contribution in [-0.2, 0) is 16.1 Å². The average molecular weight is 370 g/mol. The molecule has 3 heterocycles. The Morgan fingerprint density at radius 1 is 1.19 bits per heavy atom. The monoisotopic (exact) mass is 370 g/mol. The molecule has 3 aliphatic heterocycles. The lowest BCUT2D eigenvalue weighted by atomic mass is 9.94. The number of nitrogens with one attached hydrogen (secondary N) is 3. The lowest BCUT2D eigenvalue weighted by Gasteiger charge is -2.33. The molecule has 1 aromatic carbocycles. The van der Waals surface area contributed by atoms with Gasteiger partial charge in [-0.15, -0.1) is 0 Å². The van der Waals surface area contributed by atoms with Crippen molar-refractivity contribution in [3.05, 3.63) is 34.9 Å². The number of carbonyl (C=O) groups is 4. The van der Waals surface area contributed by atoms with Crippen LogP contribution in [0.5, 0.6) is 0 Å². The molecule has 0 saturated carbocycles. The second-order valence-electron chi connectivity index (χ2n) is 7.37. The van der Waals surface area contributed by atoms with Gasteiger partial charge in [-0.1, -0.05) is 12.1 Å². The van der Waals surface area contributed by atoms with Gasteiger partial charge in [0.05, 0.1) is 11.1 Å². The van der Waals surface area contributed by atoms with Crippen LogP contribution < -0.4 is 16.0 Å². The fraction of sp³-hybridized carbons (Fsp3) is 0.474. The summed E-state index contributed by atoms with van der Waals surface area (Å²) in [5.74, 6) is -1.34. The van der Waals surface area contributed by atoms with Crippen molar-refractivity contribution in [3.63, 3.8) is 0 Å². The maximum absolute atomic E-state index is 13.0. The molecule has 2 fully saturated rings. The van der Waals surface area contributed by atoms with Gasteiger partial charge in [0.25, 0.3) is 11.8 Å². The van der Waals surface area contributed by atoms with E-state index in [0.29, 0.717) is 29.6 Å². The van der Waals surface area contributed by atoms with Crippen LogP contribution in [0.15, 0.2) is 18.2 Å². The maximum atomic E-state index is 13.0. The average Bonchev–Trinajstić information content (AvgIpc) is 2.84. The Kier molecular flexibility index (Phi) is 4.53. The zero-order valence-electron chi connectivity index (χ0n) is 15.1. The van der Waals surface area contributed by atoms with Gasteiger partial charge in [-0.25, -0.2) is 0 Å². The predicted octanol–water partition coefficient (Wildman–Crippen LogP) is -0.215. The summed E-state index contributed by atoms with van der Waals surface area (Å²) in [6, 6.07) is 4.56. The van der Waals surface area contributed by atoms with Crippen molar-refractivity contribution in [1.82, 2.24) is 20.9 Å². The van der Waals surface area contributed by atoms with Crippen molar-refractivity contribution < 1.29 is 19.2 Å². The predicted molar refractivity (Wildman–Crippen MR) is 95.8 cm³/mol. The Morgan fingerprint density at radius 3 is 2.63 bits per heavy atom. The number of piperidine rings is 1. The highest BCUT2D eigenvalue weighted by molar-refractivity contribution is 6.24. The minimum absolute atomic E-state index is 0.116. The molecule has 3 N–H and O–H groups in total. The molecule has 4 rings (SSSR count). The molecular formula is C19H22N4O4. The van der Waals surface area contributed by atoms with Gasteiger partial charge in [-0.2, -0.15) is 0 Å². The summed E-state index contributed by atoms with van der Waals surface area (Å²) in [6.07, 6.45) is 0.278. The van der Waals surface area contributed by atoms with Crippen LogP contribution in [0.3, 0.4) is 0 Å². The summed E-state index contributed by atoms with van der Waals surface area (Å²) in [4.78, 5) is 50.3. The zero-order valence-corrected chi connectivity index (χ0v) is 15.1. The fourth-order valence-corrected chi connectivity index (χ4v) is 3.83. The van der Waals surface area contributed by atoms with Crippen LogP contribution in [0.25, 0.3) is 0 Å². The summed E-state index contributed by atoms with van der Waals surface area (Å²) in [5, 5.41) is 8.88. The smallest absolute Gasteiger partial charge is 0.262 e. The number of hydrogen-bond acceptors (Lipinski definition) is 6. The highest BCUT2D eigenvalue weighted by Gasteiger charge is 2.45. The summed E-state index contributed by atoms with van der Waals surface area (Å²) in [6.45, 7) is 4.53. The Morgan fingerprint density at radius 2 is 1.96 bits per heavy atom. The van der Waals surface area contributed by atoms with Crippen LogP contribution in [0.2, 0.25) is 0 Å². The van der Waals surface area contributed by atoms with E-state index in [1.807, 2.05) is 6.07 Å². The van der Waals surface area contributed by atoms with E-state index in [2.05, 4.69) is 22.9 Å². The minimum Gasteiger partial charge on any atom is -0.316 e. The van der Waals surface area contributed by atoms with E-state index >= 15 is 0 Å². The molecule has 2 atom stereocenters. The molecule has 2 saturated heterocycles. The van der Waals surface area contributed by atoms with Crippen LogP contribution in [0, 0.1) is 5.92 Å². The number of carbonyl (C=O) groups excluding carboxylic acids is 4. The van der Waals surface area contributed by atoms with Gasteiger partial charge in [-0.05, 0) is 30.9 Å². The van der Waals surface area contributed by atoms with Crippen molar-refractivity contribution in [2.75, 3.05) is 13.1 Å². The van der Waals surface area contributed by atoms with Crippen LogP contribution in [-0.4, -0.2) is 53.7 Å². The van der Waals surface area contributed by atoms with Gasteiger partial charge in [0.15, 0.2) is 0 Å². The molecule has 4 amide bonds. The second-order valence-corrected chi connectivity index (χ2v) is 7.37. The Balaban J connectivity index is 1.55. The molecule has 1 aromatic rings. The third-order valence-electron chi connectivity index (χ3n) is 5.69. The molecule has 0 radical (unpaired) electrons. The first-order chi connectivity index (χ1) is 13.0. The zero-order chi connectivity index (χ0) is 19.1. The standard InChI is InChI=1S/C19H22N4O4/c1-10(12-7-20-8-12)21-9-11-3-2-4-13-16(11)19(27)23(18(13)26)14-5-6-15(24)22-17(14)25/h2-4,10,12,14,20-21H,5-9H2,1H3,(H,22,24,25). The normalized spacial score (nSPS) is 23.9. The SMILES string of the molecule is CC(NCc1cccc2c1C(=O)N(C1CCC(=O)NC1=O)C2=O)C1CNC1. The molecule has 0 spiro atoms. The Hall–Kier alpha value is -2.58. The minimum atomic E-state index is -0.934. The molecule has 0 aliphatic carbocycles. The summed E-state index contributed by atoms with van der Waals surface area (Å²) in [7, 11) is 0. The Labute approximate surface area is 156 Å². The number of fused-ring (bicyclic) bond motifs is 1. The first-order valence-electron chi connectivity index (χ1n) is 9.25. The molecule has 0 aromatic heterocycles. The number of nitrogens with zero attached hydrogens (tertiary/aromatic N) is 1. The molecule has 2 unspecified atom stereocenters. The topological polar surface area (TPSA) is 108 Å². The highest BCUT2D eigenvalue weighted by Crippen LogP contribution is 2.30. The molecular weight excluding hydrogens is 348 g/mol. The summed E-state index contributed by atoms with van der Waals surface area (Å²) < 4.78 is 0. The van der Waals surface area contributed by atoms with Gasteiger partial charge in [0.1, 0.15) is 6.04 Å². The van der Waals surface area contributed by atoms with Crippen molar-refractivity contribution in [2.45, 2.75) is 38.4 Å². The van der Waals surface area contributed by atoms with Crippen LogP contribution in [0.4, 0.5) is 0 Å².